The van der Waals surface area contributed by atoms with Crippen LogP contribution in [-0.2, 0) is 20.8 Å². The normalized spacial score (nSPS) is 17.7. The number of amides is 1. The molecule has 0 saturated carbocycles. The number of carboxylic acids is 1. The molecule has 0 bridgehead atoms. The molecular weight excluding hydrogens is 270 g/mol. The number of aromatic nitrogens is 1. The Bertz CT molecular complexity index is 526. The summed E-state index contributed by atoms with van der Waals surface area (Å²) in [5, 5.41) is 17.6. The Labute approximate surface area is 113 Å². The predicted octanol–water partition coefficient (Wildman–Crippen LogP) is 0.340. The Kier molecular flexibility index (Phi) is 4.10. The van der Waals surface area contributed by atoms with Crippen molar-refractivity contribution in [1.29, 1.82) is 0 Å². The molecule has 0 spiro atoms. The number of carboxylic acid groups (broad SMARTS) is 1. The SMILES string of the molecule is Cc1csc(CCNC(=O)C2CC(C(=O)O)=NO2)n1. The molecule has 19 heavy (non-hydrogen) atoms. The fraction of sp³-hybridized carbons (Fsp3) is 0.455. The number of carbonyl (C=O) groups excluding carboxylic acids is 1. The first-order valence-electron chi connectivity index (χ1n) is 5.71. The molecule has 102 valence electrons. The highest BCUT2D eigenvalue weighted by Gasteiger charge is 2.31. The summed E-state index contributed by atoms with van der Waals surface area (Å²) < 4.78 is 0. The maximum atomic E-state index is 11.7. The smallest absolute Gasteiger partial charge is 0.353 e. The third-order valence-electron chi connectivity index (χ3n) is 2.51. The van der Waals surface area contributed by atoms with Crippen LogP contribution in [0.2, 0.25) is 0 Å². The molecule has 1 aromatic heterocycles. The lowest BCUT2D eigenvalue weighted by Gasteiger charge is -2.08. The topological polar surface area (TPSA) is 101 Å². The number of nitrogens with zero attached hydrogens (tertiary/aromatic N) is 2. The second-order valence-corrected chi connectivity index (χ2v) is 5.01. The van der Waals surface area contributed by atoms with Crippen LogP contribution < -0.4 is 5.32 Å². The fourth-order valence-electron chi connectivity index (χ4n) is 1.57. The third kappa shape index (κ3) is 3.50. The lowest BCUT2D eigenvalue weighted by molar-refractivity contribution is -0.131. The van der Waals surface area contributed by atoms with Gasteiger partial charge in [-0.3, -0.25) is 4.79 Å². The van der Waals surface area contributed by atoms with Gasteiger partial charge in [-0.05, 0) is 6.92 Å². The maximum Gasteiger partial charge on any atom is 0.353 e. The van der Waals surface area contributed by atoms with E-state index in [9.17, 15) is 9.59 Å². The fourth-order valence-corrected chi connectivity index (χ4v) is 2.34. The number of rotatable bonds is 5. The average molecular weight is 283 g/mol. The minimum atomic E-state index is -1.16. The third-order valence-corrected chi connectivity index (χ3v) is 3.54. The monoisotopic (exact) mass is 283 g/mol. The van der Waals surface area contributed by atoms with E-state index in [4.69, 9.17) is 9.94 Å². The van der Waals surface area contributed by atoms with Gasteiger partial charge in [-0.15, -0.1) is 11.3 Å². The summed E-state index contributed by atoms with van der Waals surface area (Å²) in [5.41, 5.74) is 0.834. The first kappa shape index (κ1) is 13.5. The molecule has 1 aliphatic heterocycles. The second kappa shape index (κ2) is 5.79. The van der Waals surface area contributed by atoms with E-state index in [1.54, 1.807) is 11.3 Å². The molecule has 2 rings (SSSR count). The molecule has 8 heteroatoms. The molecule has 1 unspecified atom stereocenters. The lowest BCUT2D eigenvalue weighted by atomic mass is 10.1. The molecule has 0 fully saturated rings. The van der Waals surface area contributed by atoms with Crippen LogP contribution in [0.5, 0.6) is 0 Å². The van der Waals surface area contributed by atoms with Gasteiger partial charge in [0.15, 0.2) is 5.71 Å². The van der Waals surface area contributed by atoms with Crippen molar-refractivity contribution in [3.63, 3.8) is 0 Å². The number of thiazole rings is 1. The molecule has 2 N–H and O–H groups in total. The van der Waals surface area contributed by atoms with Crippen molar-refractivity contribution in [1.82, 2.24) is 10.3 Å². The van der Waals surface area contributed by atoms with Crippen molar-refractivity contribution in [2.75, 3.05) is 6.54 Å². The van der Waals surface area contributed by atoms with Gasteiger partial charge in [0.2, 0.25) is 6.10 Å². The van der Waals surface area contributed by atoms with E-state index in [0.717, 1.165) is 10.7 Å². The Morgan fingerprint density at radius 2 is 2.42 bits per heavy atom. The summed E-state index contributed by atoms with van der Waals surface area (Å²) in [4.78, 5) is 31.4. The first-order chi connectivity index (χ1) is 9.06. The van der Waals surface area contributed by atoms with Gasteiger partial charge in [-0.25, -0.2) is 9.78 Å². The second-order valence-electron chi connectivity index (χ2n) is 4.06. The zero-order chi connectivity index (χ0) is 13.8. The quantitative estimate of drug-likeness (QED) is 0.811. The van der Waals surface area contributed by atoms with Gasteiger partial charge in [-0.1, -0.05) is 5.16 Å². The van der Waals surface area contributed by atoms with Gasteiger partial charge >= 0.3 is 5.97 Å². The van der Waals surface area contributed by atoms with Crippen molar-refractivity contribution in [2.45, 2.75) is 25.9 Å². The number of nitrogens with one attached hydrogen (secondary N) is 1. The summed E-state index contributed by atoms with van der Waals surface area (Å²) in [6.45, 7) is 2.35. The molecule has 1 atom stereocenters. The zero-order valence-corrected chi connectivity index (χ0v) is 11.1. The van der Waals surface area contributed by atoms with E-state index in [-0.39, 0.29) is 18.0 Å². The van der Waals surface area contributed by atoms with Crippen molar-refractivity contribution in [3.8, 4) is 0 Å². The van der Waals surface area contributed by atoms with Gasteiger partial charge in [0.25, 0.3) is 5.91 Å². The van der Waals surface area contributed by atoms with Crippen LogP contribution in [0, 0.1) is 6.92 Å². The van der Waals surface area contributed by atoms with Crippen LogP contribution >= 0.6 is 11.3 Å². The molecule has 0 radical (unpaired) electrons. The molecule has 1 aromatic rings. The molecule has 2 heterocycles. The standard InChI is InChI=1S/C11H13N3O4S/c1-6-5-19-9(13-6)2-3-12-10(15)8-4-7(11(16)17)14-18-8/h5,8H,2-4H2,1H3,(H,12,15)(H,16,17). The van der Waals surface area contributed by atoms with Gasteiger partial charge in [0.05, 0.1) is 5.01 Å². The van der Waals surface area contributed by atoms with Crippen LogP contribution in [0.3, 0.4) is 0 Å². The molecule has 0 aliphatic carbocycles. The van der Waals surface area contributed by atoms with Crippen molar-refractivity contribution >= 4 is 28.9 Å². The Hall–Kier alpha value is -1.96. The summed E-state index contributed by atoms with van der Waals surface area (Å²) >= 11 is 1.54. The summed E-state index contributed by atoms with van der Waals surface area (Å²) in [7, 11) is 0. The average Bonchev–Trinajstić information content (AvgIpc) is 2.98. The van der Waals surface area contributed by atoms with Crippen molar-refractivity contribution < 1.29 is 19.5 Å². The summed E-state index contributed by atoms with van der Waals surface area (Å²) in [6, 6.07) is 0. The van der Waals surface area contributed by atoms with E-state index < -0.39 is 12.1 Å². The van der Waals surface area contributed by atoms with Crippen molar-refractivity contribution in [2.24, 2.45) is 5.16 Å². The van der Waals surface area contributed by atoms with Gasteiger partial charge in [0.1, 0.15) is 0 Å². The van der Waals surface area contributed by atoms with Crippen LogP contribution in [0.15, 0.2) is 10.5 Å². The number of oxime groups is 1. The number of carbonyl (C=O) groups is 2. The zero-order valence-electron chi connectivity index (χ0n) is 10.3. The minimum absolute atomic E-state index is 0.00245. The lowest BCUT2D eigenvalue weighted by Crippen LogP contribution is -2.36. The van der Waals surface area contributed by atoms with Crippen LogP contribution in [0.1, 0.15) is 17.1 Å². The molecule has 1 amide bonds. The number of hydrogen-bond donors (Lipinski definition) is 2. The molecule has 0 saturated heterocycles. The number of hydrogen-bond acceptors (Lipinski definition) is 6. The van der Waals surface area contributed by atoms with Crippen molar-refractivity contribution in [3.05, 3.63) is 16.1 Å². The van der Waals surface area contributed by atoms with Gasteiger partial charge in [0, 0.05) is 30.5 Å². The van der Waals surface area contributed by atoms with E-state index in [1.165, 1.54) is 0 Å². The minimum Gasteiger partial charge on any atom is -0.477 e. The first-order valence-corrected chi connectivity index (χ1v) is 6.59. The summed E-state index contributed by atoms with van der Waals surface area (Å²) in [6.07, 6.45) is -0.203. The van der Waals surface area contributed by atoms with Gasteiger partial charge < -0.3 is 15.3 Å². The van der Waals surface area contributed by atoms with E-state index >= 15 is 0 Å². The highest BCUT2D eigenvalue weighted by atomic mass is 32.1. The Morgan fingerprint density at radius 3 is 3.00 bits per heavy atom. The molecule has 0 aromatic carbocycles. The predicted molar refractivity (Wildman–Crippen MR) is 68.1 cm³/mol. The van der Waals surface area contributed by atoms with Crippen LogP contribution in [-0.4, -0.2) is 40.3 Å². The van der Waals surface area contributed by atoms with E-state index in [2.05, 4.69) is 15.5 Å². The van der Waals surface area contributed by atoms with Crippen LogP contribution in [0.25, 0.3) is 0 Å². The Morgan fingerprint density at radius 1 is 1.63 bits per heavy atom. The van der Waals surface area contributed by atoms with E-state index in [0.29, 0.717) is 13.0 Å². The highest BCUT2D eigenvalue weighted by molar-refractivity contribution is 7.09. The highest BCUT2D eigenvalue weighted by Crippen LogP contribution is 2.11. The maximum absolute atomic E-state index is 11.7. The Balaban J connectivity index is 1.73. The number of aryl methyl sites for hydroxylation is 1. The number of aliphatic carboxylic acids is 1. The molecule has 7 nitrogen and oxygen atoms in total. The van der Waals surface area contributed by atoms with Crippen LogP contribution in [0.4, 0.5) is 0 Å². The van der Waals surface area contributed by atoms with Gasteiger partial charge in [-0.2, -0.15) is 0 Å². The molecular formula is C11H13N3O4S. The molecule has 1 aliphatic rings. The van der Waals surface area contributed by atoms with E-state index in [1.807, 2.05) is 12.3 Å². The largest absolute Gasteiger partial charge is 0.477 e. The summed E-state index contributed by atoms with van der Waals surface area (Å²) in [5.74, 6) is -1.51.